The van der Waals surface area contributed by atoms with Crippen molar-refractivity contribution in [3.05, 3.63) is 108 Å². The van der Waals surface area contributed by atoms with Gasteiger partial charge in [0.1, 0.15) is 41.7 Å². The van der Waals surface area contributed by atoms with Crippen molar-refractivity contribution in [2.45, 2.75) is 83.3 Å². The van der Waals surface area contributed by atoms with Crippen LogP contribution in [0.2, 0.25) is 0 Å². The molecule has 5 atom stereocenters. The molecule has 1 aliphatic heterocycles. The van der Waals surface area contributed by atoms with Crippen LogP contribution in [0.3, 0.4) is 0 Å². The second-order valence-corrected chi connectivity index (χ2v) is 15.8. The zero-order valence-corrected chi connectivity index (χ0v) is 35.5. The standard InChI is InChI=1S/C43H52N7O8P/c1-28(2)50(29(3)4)59(56-24-12-23-44)58-38-36(57-42(39(38)54-8)49-27-47-37-40(48-30(5)51)45-26-46-41(37)49)25-55-43(31-13-10-9-11-14-31,32-15-19-34(52-6)20-16-32)33-17-21-35(53-7)22-18-33/h9-11,13-22,26-29,36,38-39,42H,12,24-25H2,1-8H3,(H,45,46,48,51)/t36-,38+,39?,42-,59?/m1/s1. The van der Waals surface area contributed by atoms with Crippen LogP contribution in [0.5, 0.6) is 11.5 Å². The van der Waals surface area contributed by atoms with Crippen LogP contribution >= 0.6 is 8.53 Å². The van der Waals surface area contributed by atoms with Gasteiger partial charge in [-0.05, 0) is 68.7 Å². The number of methoxy groups -OCH3 is 3. The molecule has 1 fully saturated rings. The summed E-state index contributed by atoms with van der Waals surface area (Å²) in [5.41, 5.74) is 2.22. The van der Waals surface area contributed by atoms with Crippen LogP contribution in [-0.2, 0) is 33.7 Å². The smallest absolute Gasteiger partial charge is 0.259 e. The lowest BCUT2D eigenvalue weighted by Crippen LogP contribution is -2.42. The summed E-state index contributed by atoms with van der Waals surface area (Å²) in [5.74, 6) is 1.38. The van der Waals surface area contributed by atoms with Crippen molar-refractivity contribution in [2.75, 3.05) is 39.9 Å². The van der Waals surface area contributed by atoms with E-state index in [0.29, 0.717) is 22.7 Å². The quantitative estimate of drug-likeness (QED) is 0.0499. The monoisotopic (exact) mass is 825 g/mol. The molecule has 0 saturated carbocycles. The van der Waals surface area contributed by atoms with Crippen molar-refractivity contribution in [1.82, 2.24) is 24.2 Å². The summed E-state index contributed by atoms with van der Waals surface area (Å²) in [4.78, 5) is 25.4. The molecule has 2 aromatic heterocycles. The lowest BCUT2D eigenvalue weighted by Gasteiger charge is -2.39. The molecule has 1 N–H and O–H groups in total. The number of carbonyl (C=O) groups excluding carboxylic acids is 1. The van der Waals surface area contributed by atoms with Crippen molar-refractivity contribution >= 4 is 31.4 Å². The third kappa shape index (κ3) is 9.40. The van der Waals surface area contributed by atoms with Crippen LogP contribution in [0.4, 0.5) is 5.82 Å². The number of imidazole rings is 1. The topological polar surface area (TPSA) is 164 Å². The molecule has 5 aromatic rings. The summed E-state index contributed by atoms with van der Waals surface area (Å²) in [6.45, 7) is 9.91. The minimum Gasteiger partial charge on any atom is -0.497 e. The molecule has 0 spiro atoms. The summed E-state index contributed by atoms with van der Waals surface area (Å²) in [5, 5.41) is 12.2. The maximum Gasteiger partial charge on any atom is 0.259 e. The van der Waals surface area contributed by atoms with E-state index in [9.17, 15) is 10.1 Å². The number of fused-ring (bicyclic) bond motifs is 1. The second-order valence-electron chi connectivity index (χ2n) is 14.4. The van der Waals surface area contributed by atoms with E-state index < -0.39 is 38.7 Å². The molecule has 15 nitrogen and oxygen atoms in total. The normalized spacial score (nSPS) is 18.7. The van der Waals surface area contributed by atoms with Crippen LogP contribution in [-0.4, -0.2) is 95.0 Å². The number of ether oxygens (including phenoxy) is 5. The number of aromatic nitrogens is 4. The first kappa shape index (κ1) is 43.5. The molecular formula is C43H52N7O8P. The van der Waals surface area contributed by atoms with Crippen molar-refractivity contribution in [2.24, 2.45) is 0 Å². The molecule has 16 heteroatoms. The third-order valence-corrected chi connectivity index (χ3v) is 12.1. The van der Waals surface area contributed by atoms with Gasteiger partial charge in [-0.1, -0.05) is 54.6 Å². The summed E-state index contributed by atoms with van der Waals surface area (Å²) in [6.07, 6.45) is 0.0539. The summed E-state index contributed by atoms with van der Waals surface area (Å²) in [7, 11) is 3.11. The number of nitrogens with one attached hydrogen (secondary N) is 1. The van der Waals surface area contributed by atoms with E-state index in [2.05, 4.69) is 58.7 Å². The van der Waals surface area contributed by atoms with Crippen molar-refractivity contribution < 1.29 is 37.5 Å². The molecular weight excluding hydrogens is 773 g/mol. The van der Waals surface area contributed by atoms with Gasteiger partial charge in [0.25, 0.3) is 8.53 Å². The van der Waals surface area contributed by atoms with E-state index in [1.165, 1.54) is 13.3 Å². The van der Waals surface area contributed by atoms with Crippen LogP contribution in [0.1, 0.15) is 64.0 Å². The predicted molar refractivity (Wildman–Crippen MR) is 223 cm³/mol. The Bertz CT molecular complexity index is 2110. The summed E-state index contributed by atoms with van der Waals surface area (Å²) < 4.78 is 49.2. The van der Waals surface area contributed by atoms with Crippen LogP contribution in [0, 0.1) is 11.3 Å². The van der Waals surface area contributed by atoms with Gasteiger partial charge in [-0.25, -0.2) is 19.6 Å². The Morgan fingerprint density at radius 1 is 0.898 bits per heavy atom. The van der Waals surface area contributed by atoms with E-state index in [1.54, 1.807) is 32.2 Å². The first-order chi connectivity index (χ1) is 28.6. The summed E-state index contributed by atoms with van der Waals surface area (Å²) >= 11 is 0. The van der Waals surface area contributed by atoms with E-state index in [1.807, 2.05) is 78.9 Å². The highest BCUT2D eigenvalue weighted by atomic mass is 31.2. The van der Waals surface area contributed by atoms with Gasteiger partial charge in [0.15, 0.2) is 23.2 Å². The highest BCUT2D eigenvalue weighted by Crippen LogP contribution is 2.51. The Hall–Kier alpha value is -5.04. The van der Waals surface area contributed by atoms with Gasteiger partial charge < -0.3 is 38.0 Å². The van der Waals surface area contributed by atoms with E-state index in [0.717, 1.165) is 16.7 Å². The van der Waals surface area contributed by atoms with Gasteiger partial charge in [-0.15, -0.1) is 0 Å². The van der Waals surface area contributed by atoms with Gasteiger partial charge in [-0.3, -0.25) is 9.36 Å². The first-order valence-electron chi connectivity index (χ1n) is 19.4. The zero-order chi connectivity index (χ0) is 42.1. The molecule has 0 bridgehead atoms. The average molecular weight is 826 g/mol. The molecule has 1 saturated heterocycles. The second kappa shape index (κ2) is 19.8. The number of hydrogen-bond acceptors (Lipinski definition) is 13. The number of nitriles is 1. The van der Waals surface area contributed by atoms with E-state index in [4.69, 9.17) is 32.7 Å². The number of nitrogens with zero attached hydrogens (tertiary/aromatic N) is 6. The Kier molecular flexibility index (Phi) is 14.6. The van der Waals surface area contributed by atoms with Gasteiger partial charge in [0, 0.05) is 26.1 Å². The SMILES string of the molecule is COc1ccc(C(OC[C@H]2O[C@@H](n3cnc4c(NC(C)=O)ncnc43)C(OC)[C@H]2OP(OCCC#N)N(C(C)C)C(C)C)(c2ccccc2)c2ccc(OC)cc2)cc1. The fourth-order valence-corrected chi connectivity index (χ4v) is 9.19. The number of benzene rings is 3. The largest absolute Gasteiger partial charge is 0.497 e. The number of amides is 1. The predicted octanol–water partition coefficient (Wildman–Crippen LogP) is 7.38. The molecule has 2 unspecified atom stereocenters. The molecule has 0 aliphatic carbocycles. The Morgan fingerprint density at radius 2 is 1.51 bits per heavy atom. The molecule has 312 valence electrons. The van der Waals surface area contributed by atoms with Crippen LogP contribution in [0.25, 0.3) is 11.2 Å². The molecule has 3 aromatic carbocycles. The zero-order valence-electron chi connectivity index (χ0n) is 34.6. The van der Waals surface area contributed by atoms with Crippen molar-refractivity contribution in [1.29, 1.82) is 5.26 Å². The molecule has 6 rings (SSSR count). The number of hydrogen-bond donors (Lipinski definition) is 1. The van der Waals surface area contributed by atoms with E-state index in [-0.39, 0.29) is 43.4 Å². The lowest BCUT2D eigenvalue weighted by atomic mass is 9.80. The van der Waals surface area contributed by atoms with Crippen LogP contribution in [0.15, 0.2) is 91.5 Å². The van der Waals surface area contributed by atoms with Gasteiger partial charge in [0.2, 0.25) is 5.91 Å². The van der Waals surface area contributed by atoms with Crippen molar-refractivity contribution in [3.8, 4) is 17.6 Å². The molecule has 0 radical (unpaired) electrons. The number of rotatable bonds is 19. The Balaban J connectivity index is 1.48. The Labute approximate surface area is 346 Å². The minimum atomic E-state index is -1.75. The first-order valence-corrected chi connectivity index (χ1v) is 20.6. The van der Waals surface area contributed by atoms with Gasteiger partial charge >= 0.3 is 0 Å². The van der Waals surface area contributed by atoms with Crippen LogP contribution < -0.4 is 14.8 Å². The average Bonchev–Trinajstić information content (AvgIpc) is 3.83. The lowest BCUT2D eigenvalue weighted by molar-refractivity contribution is -0.114. The fraction of sp³-hybridized carbons (Fsp3) is 0.419. The third-order valence-electron chi connectivity index (χ3n) is 10.00. The van der Waals surface area contributed by atoms with Crippen molar-refractivity contribution in [3.63, 3.8) is 0 Å². The number of carbonyl (C=O) groups is 1. The molecule has 59 heavy (non-hydrogen) atoms. The Morgan fingerprint density at radius 3 is 2.05 bits per heavy atom. The van der Waals surface area contributed by atoms with Gasteiger partial charge in [-0.2, -0.15) is 5.26 Å². The molecule has 3 heterocycles. The maximum absolute atomic E-state index is 12.1. The number of anilines is 1. The maximum atomic E-state index is 12.1. The minimum absolute atomic E-state index is 0.0114. The summed E-state index contributed by atoms with van der Waals surface area (Å²) in [6, 6.07) is 27.9. The molecule has 1 amide bonds. The fourth-order valence-electron chi connectivity index (χ4n) is 7.42. The highest BCUT2D eigenvalue weighted by molar-refractivity contribution is 7.44. The van der Waals surface area contributed by atoms with E-state index >= 15 is 0 Å². The molecule has 1 aliphatic rings. The van der Waals surface area contributed by atoms with Gasteiger partial charge in [0.05, 0.1) is 46.3 Å². The highest BCUT2D eigenvalue weighted by Gasteiger charge is 2.51.